The number of amides is 2. The third kappa shape index (κ3) is 3.83. The van der Waals surface area contributed by atoms with E-state index in [1.54, 1.807) is 40.1 Å². The van der Waals surface area contributed by atoms with Crippen molar-refractivity contribution < 1.29 is 9.59 Å². The number of halogens is 3. The van der Waals surface area contributed by atoms with E-state index in [4.69, 9.17) is 34.8 Å². The lowest BCUT2D eigenvalue weighted by molar-refractivity contribution is 0.0533. The minimum absolute atomic E-state index is 0.0924. The van der Waals surface area contributed by atoms with Crippen LogP contribution in [0.5, 0.6) is 0 Å². The van der Waals surface area contributed by atoms with E-state index >= 15 is 0 Å². The molecule has 1 aliphatic rings. The van der Waals surface area contributed by atoms with Gasteiger partial charge in [0.25, 0.3) is 11.8 Å². The molecule has 5 nitrogen and oxygen atoms in total. The number of aromatic nitrogens is 1. The lowest BCUT2D eigenvalue weighted by Gasteiger charge is -2.34. The number of carbonyl (C=O) groups is 2. The van der Waals surface area contributed by atoms with Crippen molar-refractivity contribution in [2.45, 2.75) is 0 Å². The fraction of sp³-hybridized carbons (Fsp3) is 0.200. The van der Waals surface area contributed by atoms with Gasteiger partial charge in [0.05, 0.1) is 0 Å². The number of piperazine rings is 1. The Morgan fingerprint density at radius 1 is 0.750 bits per heavy atom. The molecule has 0 unspecified atom stereocenters. The summed E-state index contributed by atoms with van der Waals surface area (Å²) in [5.41, 5.74) is 1.82. The smallest absolute Gasteiger partial charge is 0.270 e. The molecule has 3 aromatic rings. The molecule has 1 N–H and O–H groups in total. The number of H-pyrrole nitrogens is 1. The van der Waals surface area contributed by atoms with Gasteiger partial charge in [0.15, 0.2) is 0 Å². The van der Waals surface area contributed by atoms with Gasteiger partial charge in [-0.3, -0.25) is 9.59 Å². The number of benzene rings is 2. The molecule has 1 aromatic heterocycles. The van der Waals surface area contributed by atoms with E-state index < -0.39 is 0 Å². The summed E-state index contributed by atoms with van der Waals surface area (Å²) in [5, 5.41) is 2.35. The first kappa shape index (κ1) is 19.1. The predicted octanol–water partition coefficient (Wildman–Crippen LogP) is 4.73. The third-order valence-electron chi connectivity index (χ3n) is 4.78. The van der Waals surface area contributed by atoms with Gasteiger partial charge in [0.1, 0.15) is 5.69 Å². The number of nitrogens with zero attached hydrogens (tertiary/aromatic N) is 2. The van der Waals surface area contributed by atoms with Crippen LogP contribution >= 0.6 is 34.8 Å². The first-order chi connectivity index (χ1) is 13.4. The van der Waals surface area contributed by atoms with Crippen LogP contribution in [0, 0.1) is 0 Å². The molecule has 144 valence electrons. The summed E-state index contributed by atoms with van der Waals surface area (Å²) in [4.78, 5) is 32.1. The van der Waals surface area contributed by atoms with Crippen molar-refractivity contribution in [2.24, 2.45) is 0 Å². The van der Waals surface area contributed by atoms with E-state index in [0.29, 0.717) is 52.5 Å². The second kappa shape index (κ2) is 7.66. The maximum Gasteiger partial charge on any atom is 0.270 e. The molecule has 0 bridgehead atoms. The van der Waals surface area contributed by atoms with E-state index in [1.807, 2.05) is 12.1 Å². The van der Waals surface area contributed by atoms with Gasteiger partial charge in [-0.25, -0.2) is 0 Å². The van der Waals surface area contributed by atoms with Gasteiger partial charge in [-0.2, -0.15) is 0 Å². The Labute approximate surface area is 176 Å². The number of carbonyl (C=O) groups excluding carboxylic acids is 2. The van der Waals surface area contributed by atoms with E-state index in [-0.39, 0.29) is 11.8 Å². The first-order valence-electron chi connectivity index (χ1n) is 8.73. The second-order valence-electron chi connectivity index (χ2n) is 6.66. The van der Waals surface area contributed by atoms with Crippen molar-refractivity contribution in [2.75, 3.05) is 26.2 Å². The van der Waals surface area contributed by atoms with E-state index in [1.165, 1.54) is 0 Å². The van der Waals surface area contributed by atoms with Gasteiger partial charge in [-0.15, -0.1) is 0 Å². The molecule has 1 saturated heterocycles. The molecule has 8 heteroatoms. The maximum absolute atomic E-state index is 12.8. The second-order valence-corrected chi connectivity index (χ2v) is 7.97. The minimum Gasteiger partial charge on any atom is -0.351 e. The molecule has 0 aliphatic carbocycles. The minimum atomic E-state index is -0.142. The zero-order valence-corrected chi connectivity index (χ0v) is 17.0. The highest BCUT2D eigenvalue weighted by Gasteiger charge is 2.26. The van der Waals surface area contributed by atoms with Gasteiger partial charge in [0.2, 0.25) is 0 Å². The van der Waals surface area contributed by atoms with Crippen LogP contribution in [0.25, 0.3) is 10.9 Å². The highest BCUT2D eigenvalue weighted by molar-refractivity contribution is 6.35. The molecular formula is C20H16Cl3N3O2. The van der Waals surface area contributed by atoms with Gasteiger partial charge in [0, 0.05) is 57.7 Å². The Morgan fingerprint density at radius 3 is 2.00 bits per heavy atom. The maximum atomic E-state index is 12.8. The molecule has 28 heavy (non-hydrogen) atoms. The monoisotopic (exact) mass is 435 g/mol. The highest BCUT2D eigenvalue weighted by Crippen LogP contribution is 2.23. The summed E-state index contributed by atoms with van der Waals surface area (Å²) in [5.74, 6) is -0.234. The zero-order chi connectivity index (χ0) is 19.8. The summed E-state index contributed by atoms with van der Waals surface area (Å²) in [6, 6.07) is 12.0. The van der Waals surface area contributed by atoms with Crippen molar-refractivity contribution in [3.63, 3.8) is 0 Å². The molecule has 4 rings (SSSR count). The molecule has 1 aliphatic heterocycles. The molecule has 0 radical (unpaired) electrons. The van der Waals surface area contributed by atoms with E-state index in [0.717, 1.165) is 10.9 Å². The Hall–Kier alpha value is -2.21. The molecule has 1 fully saturated rings. The van der Waals surface area contributed by atoms with Crippen LogP contribution in [-0.2, 0) is 0 Å². The number of rotatable bonds is 2. The van der Waals surface area contributed by atoms with Gasteiger partial charge >= 0.3 is 0 Å². The number of nitrogens with one attached hydrogen (secondary N) is 1. The zero-order valence-electron chi connectivity index (χ0n) is 14.7. The average molecular weight is 437 g/mol. The molecule has 0 atom stereocenters. The quantitative estimate of drug-likeness (QED) is 0.631. The van der Waals surface area contributed by atoms with Crippen LogP contribution in [0.15, 0.2) is 42.5 Å². The fourth-order valence-electron chi connectivity index (χ4n) is 3.36. The largest absolute Gasteiger partial charge is 0.351 e. The van der Waals surface area contributed by atoms with Crippen LogP contribution in [0.3, 0.4) is 0 Å². The van der Waals surface area contributed by atoms with Crippen LogP contribution in [0.1, 0.15) is 20.8 Å². The summed E-state index contributed by atoms with van der Waals surface area (Å²) in [6.07, 6.45) is 0. The van der Waals surface area contributed by atoms with E-state index in [2.05, 4.69) is 4.98 Å². The summed E-state index contributed by atoms with van der Waals surface area (Å²) < 4.78 is 0. The molecular weight excluding hydrogens is 421 g/mol. The van der Waals surface area contributed by atoms with E-state index in [9.17, 15) is 9.59 Å². The van der Waals surface area contributed by atoms with Crippen molar-refractivity contribution in [3.8, 4) is 0 Å². The summed E-state index contributed by atoms with van der Waals surface area (Å²) in [7, 11) is 0. The topological polar surface area (TPSA) is 56.4 Å². The highest BCUT2D eigenvalue weighted by atomic mass is 35.5. The van der Waals surface area contributed by atoms with Crippen molar-refractivity contribution in [1.29, 1.82) is 0 Å². The Kier molecular flexibility index (Phi) is 5.23. The van der Waals surface area contributed by atoms with Crippen LogP contribution < -0.4 is 0 Å². The fourth-order valence-corrected chi connectivity index (χ4v) is 4.07. The van der Waals surface area contributed by atoms with Gasteiger partial charge in [-0.05, 0) is 42.5 Å². The van der Waals surface area contributed by atoms with Crippen LogP contribution in [0.4, 0.5) is 0 Å². The number of hydrogen-bond donors (Lipinski definition) is 1. The Morgan fingerprint density at radius 2 is 1.36 bits per heavy atom. The Balaban J connectivity index is 1.44. The number of hydrogen-bond acceptors (Lipinski definition) is 2. The van der Waals surface area contributed by atoms with Crippen LogP contribution in [-0.4, -0.2) is 52.8 Å². The molecule has 0 spiro atoms. The van der Waals surface area contributed by atoms with Crippen molar-refractivity contribution >= 4 is 57.5 Å². The molecule has 2 heterocycles. The Bertz CT molecular complexity index is 1050. The standard InChI is InChI=1S/C20H16Cl3N3O2/c21-14-1-2-17-12(7-14)10-18(24-17)20(28)26-5-3-25(4-6-26)19(27)13-8-15(22)11-16(23)9-13/h1-2,7-11,24H,3-6H2. The summed E-state index contributed by atoms with van der Waals surface area (Å²) in [6.45, 7) is 1.80. The molecule has 0 saturated carbocycles. The first-order valence-corrected chi connectivity index (χ1v) is 9.87. The van der Waals surface area contributed by atoms with Crippen molar-refractivity contribution in [1.82, 2.24) is 14.8 Å². The SMILES string of the molecule is O=C(c1cc(Cl)cc(Cl)c1)N1CCN(C(=O)c2cc3cc(Cl)ccc3[nH]2)CC1. The molecule has 2 amide bonds. The predicted molar refractivity (Wildman–Crippen MR) is 112 cm³/mol. The molecule has 2 aromatic carbocycles. The lowest BCUT2D eigenvalue weighted by Crippen LogP contribution is -2.50. The number of aromatic amines is 1. The van der Waals surface area contributed by atoms with Crippen molar-refractivity contribution in [3.05, 3.63) is 68.8 Å². The lowest BCUT2D eigenvalue weighted by atomic mass is 10.1. The average Bonchev–Trinajstić information content (AvgIpc) is 3.09. The summed E-state index contributed by atoms with van der Waals surface area (Å²) >= 11 is 18.0. The number of fused-ring (bicyclic) bond motifs is 1. The van der Waals surface area contributed by atoms with Gasteiger partial charge < -0.3 is 14.8 Å². The normalized spacial score (nSPS) is 14.5. The third-order valence-corrected chi connectivity index (χ3v) is 5.45. The van der Waals surface area contributed by atoms with Gasteiger partial charge in [-0.1, -0.05) is 34.8 Å². The van der Waals surface area contributed by atoms with Crippen LogP contribution in [0.2, 0.25) is 15.1 Å².